The number of aromatic nitrogens is 5. The van der Waals surface area contributed by atoms with Gasteiger partial charge in [0.1, 0.15) is 5.02 Å². The molecule has 1 saturated carbocycles. The molecule has 63 heavy (non-hydrogen) atoms. The lowest BCUT2D eigenvalue weighted by atomic mass is 9.73. The van der Waals surface area contributed by atoms with E-state index >= 15 is 8.78 Å². The van der Waals surface area contributed by atoms with Crippen molar-refractivity contribution in [1.29, 1.82) is 0 Å². The average Bonchev–Trinajstić information content (AvgIpc) is 4.06. The van der Waals surface area contributed by atoms with Crippen molar-refractivity contribution in [2.75, 3.05) is 72.9 Å². The zero-order valence-corrected chi connectivity index (χ0v) is 36.6. The summed E-state index contributed by atoms with van der Waals surface area (Å²) >= 11 is 6.68. The number of amides is 2. The molecule has 4 aliphatic heterocycles. The molecule has 3 N–H and O–H groups in total. The maximum absolute atomic E-state index is 15.2. The average molecular weight is 884 g/mol. The summed E-state index contributed by atoms with van der Waals surface area (Å²) in [5.41, 5.74) is 3.79. The lowest BCUT2D eigenvalue weighted by Gasteiger charge is -2.47. The Bertz CT molecular complexity index is 2710. The minimum atomic E-state index is -3.13. The van der Waals surface area contributed by atoms with Crippen molar-refractivity contribution >= 4 is 74.0 Å². The molecule has 1 aliphatic carbocycles. The van der Waals surface area contributed by atoms with Crippen molar-refractivity contribution in [2.45, 2.75) is 63.8 Å². The first-order valence-electron chi connectivity index (χ1n) is 21.9. The fourth-order valence-electron chi connectivity index (χ4n) is 10.1. The number of aryl methyl sites for hydroxylation is 2. The van der Waals surface area contributed by atoms with Crippen molar-refractivity contribution < 1.29 is 23.1 Å². The van der Waals surface area contributed by atoms with E-state index in [1.54, 1.807) is 19.3 Å². The van der Waals surface area contributed by atoms with Gasteiger partial charge in [-0.25, -0.2) is 13.8 Å². The van der Waals surface area contributed by atoms with E-state index in [-0.39, 0.29) is 34.6 Å². The number of nitrogens with one attached hydrogen (secondary N) is 3. The van der Waals surface area contributed by atoms with Crippen molar-refractivity contribution in [1.82, 2.24) is 34.5 Å². The van der Waals surface area contributed by atoms with Gasteiger partial charge in [-0.3, -0.25) is 29.3 Å². The van der Waals surface area contributed by atoms with Crippen molar-refractivity contribution in [3.05, 3.63) is 63.7 Å². The quantitative estimate of drug-likeness (QED) is 0.156. The van der Waals surface area contributed by atoms with Gasteiger partial charge in [-0.2, -0.15) is 10.1 Å². The van der Waals surface area contributed by atoms with E-state index in [9.17, 15) is 14.4 Å². The molecule has 5 aromatic rings. The minimum Gasteiger partial charge on any atom is -0.480 e. The summed E-state index contributed by atoms with van der Waals surface area (Å²) in [5.74, 6) is -2.92. The van der Waals surface area contributed by atoms with Crippen LogP contribution in [-0.2, 0) is 23.7 Å². The molecule has 1 unspecified atom stereocenters. The Hall–Kier alpha value is -5.55. The van der Waals surface area contributed by atoms with Crippen molar-refractivity contribution in [3.8, 4) is 5.75 Å². The Labute approximate surface area is 368 Å². The number of piperazine rings is 1. The predicted octanol–water partition coefficient (Wildman–Crippen LogP) is 6.03. The van der Waals surface area contributed by atoms with Crippen LogP contribution in [0.5, 0.6) is 5.75 Å². The molecule has 332 valence electrons. The maximum atomic E-state index is 15.2. The summed E-state index contributed by atoms with van der Waals surface area (Å²) in [7, 11) is 3.51. The first-order valence-corrected chi connectivity index (χ1v) is 22.3. The van der Waals surface area contributed by atoms with Crippen LogP contribution in [-0.4, -0.2) is 105 Å². The fourth-order valence-corrected chi connectivity index (χ4v) is 10.3. The molecule has 7 heterocycles. The molecule has 3 aromatic heterocycles. The highest BCUT2D eigenvalue weighted by atomic mass is 35.5. The van der Waals surface area contributed by atoms with Crippen molar-refractivity contribution in [3.63, 3.8) is 0 Å². The highest BCUT2D eigenvalue weighted by molar-refractivity contribution is 6.33. The highest BCUT2D eigenvalue weighted by Crippen LogP contribution is 2.46. The largest absolute Gasteiger partial charge is 0.480 e. The third-order valence-corrected chi connectivity index (χ3v) is 14.3. The first-order chi connectivity index (χ1) is 30.1. The normalized spacial score (nSPS) is 23.8. The molecule has 5 aliphatic rings. The van der Waals surface area contributed by atoms with Crippen LogP contribution in [0.15, 0.2) is 47.4 Å². The summed E-state index contributed by atoms with van der Waals surface area (Å²) in [5, 5.41) is 15.4. The second kappa shape index (κ2) is 15.6. The Morgan fingerprint density at radius 3 is 2.48 bits per heavy atom. The summed E-state index contributed by atoms with van der Waals surface area (Å²) in [6.07, 6.45) is 4.76. The maximum Gasteiger partial charge on any atom is 0.301 e. The molecule has 4 fully saturated rings. The Balaban J connectivity index is 0.791. The van der Waals surface area contributed by atoms with E-state index in [0.29, 0.717) is 65.0 Å². The second-order valence-corrected chi connectivity index (χ2v) is 19.1. The topological polar surface area (TPSA) is 155 Å². The molecule has 2 amide bonds. The molecule has 3 atom stereocenters. The van der Waals surface area contributed by atoms with Gasteiger partial charge >= 0.3 is 5.92 Å². The van der Waals surface area contributed by atoms with Gasteiger partial charge in [-0.1, -0.05) is 25.4 Å². The number of ether oxygens (including phenoxy) is 1. The molecule has 18 heteroatoms. The Morgan fingerprint density at radius 2 is 1.73 bits per heavy atom. The third-order valence-electron chi connectivity index (χ3n) is 14.0. The number of anilines is 5. The van der Waals surface area contributed by atoms with Gasteiger partial charge in [-0.15, -0.1) is 0 Å². The van der Waals surface area contributed by atoms with E-state index in [1.807, 2.05) is 23.9 Å². The molecular weight excluding hydrogens is 832 g/mol. The number of hydrogen-bond acceptors (Lipinski definition) is 12. The van der Waals surface area contributed by atoms with Crippen LogP contribution in [0.2, 0.25) is 5.02 Å². The number of pyridine rings is 1. The number of benzene rings is 2. The fraction of sp³-hybridized carbons (Fsp3) is 0.511. The Morgan fingerprint density at radius 1 is 0.937 bits per heavy atom. The van der Waals surface area contributed by atoms with E-state index in [2.05, 4.69) is 67.7 Å². The Kier molecular flexibility index (Phi) is 10.3. The first kappa shape index (κ1) is 41.5. The van der Waals surface area contributed by atoms with Gasteiger partial charge in [0.05, 0.1) is 40.6 Å². The molecule has 0 radical (unpaired) electrons. The van der Waals surface area contributed by atoms with Crippen LogP contribution >= 0.6 is 11.6 Å². The second-order valence-electron chi connectivity index (χ2n) is 18.7. The lowest BCUT2D eigenvalue weighted by molar-refractivity contribution is -0.134. The predicted molar refractivity (Wildman–Crippen MR) is 239 cm³/mol. The monoisotopic (exact) mass is 883 g/mol. The van der Waals surface area contributed by atoms with Gasteiger partial charge in [0.25, 0.3) is 5.56 Å². The van der Waals surface area contributed by atoms with Gasteiger partial charge in [-0.05, 0) is 79.3 Å². The molecular formula is C45H52ClF2N11O4. The van der Waals surface area contributed by atoms with Crippen molar-refractivity contribution in [2.24, 2.45) is 31.3 Å². The van der Waals surface area contributed by atoms with Crippen LogP contribution in [0, 0.1) is 17.3 Å². The van der Waals surface area contributed by atoms with Gasteiger partial charge in [0, 0.05) is 88.5 Å². The highest BCUT2D eigenvalue weighted by Gasteiger charge is 2.51. The van der Waals surface area contributed by atoms with Gasteiger partial charge in [0.2, 0.25) is 23.5 Å². The zero-order valence-electron chi connectivity index (χ0n) is 35.9. The summed E-state index contributed by atoms with van der Waals surface area (Å²) < 4.78 is 39.2. The number of rotatable bonds is 8. The summed E-state index contributed by atoms with van der Waals surface area (Å²) in [6.45, 7) is 10.0. The smallest absolute Gasteiger partial charge is 0.301 e. The van der Waals surface area contributed by atoms with Crippen LogP contribution < -0.4 is 36.0 Å². The van der Waals surface area contributed by atoms with Crippen LogP contribution in [0.25, 0.3) is 21.8 Å². The molecule has 3 saturated heterocycles. The molecule has 0 spiro atoms. The van der Waals surface area contributed by atoms with Crippen LogP contribution in [0.1, 0.15) is 57.6 Å². The lowest BCUT2D eigenvalue weighted by Crippen LogP contribution is -2.53. The summed E-state index contributed by atoms with van der Waals surface area (Å²) in [6, 6.07) is 10.6. The van der Waals surface area contributed by atoms with Gasteiger partial charge < -0.3 is 29.7 Å². The van der Waals surface area contributed by atoms with Gasteiger partial charge in [0.15, 0.2) is 12.4 Å². The number of hydrogen-bond donors (Lipinski definition) is 3. The molecule has 15 nitrogen and oxygen atoms in total. The summed E-state index contributed by atoms with van der Waals surface area (Å²) in [4.78, 5) is 54.4. The van der Waals surface area contributed by atoms with Crippen LogP contribution in [0.3, 0.4) is 0 Å². The van der Waals surface area contributed by atoms with E-state index in [4.69, 9.17) is 26.4 Å². The third kappa shape index (κ3) is 7.70. The SMILES string of the molecule is Cn1nc(C2CCC(=O)NC2=O)c2ccc(N3CCN(C[C@@H]4CCN(c5ncc(Cl)c(Nc6ccc7c(c6)c6c(c(=O)n7C)OCC(F)(F)[C@H](C7CC7)N6)n5)CC4(C)C)CC3)cc21. The number of piperidine rings is 2. The van der Waals surface area contributed by atoms with Crippen LogP contribution in [0.4, 0.5) is 37.6 Å². The number of alkyl halides is 2. The zero-order chi connectivity index (χ0) is 43.9. The number of fused-ring (bicyclic) bond motifs is 4. The molecule has 0 bridgehead atoms. The molecule has 10 rings (SSSR count). The minimum absolute atomic E-state index is 0.0347. The number of nitrogens with zero attached hydrogens (tertiary/aromatic N) is 8. The van der Waals surface area contributed by atoms with E-state index < -0.39 is 30.0 Å². The number of carbonyl (C=O) groups excluding carboxylic acids is 2. The van der Waals surface area contributed by atoms with E-state index in [1.165, 1.54) is 4.57 Å². The number of halogens is 3. The molecule has 2 aromatic carbocycles. The standard InChI is InChI=1S/C45H52ClF2N11O4/c1-44(2)23-59(14-13-26(44)22-57-15-17-58(18-16-57)28-8-9-29-34(20-28)56(4)54-36(29)30-10-12-35(60)51-41(30)61)43-49-21-32(46)40(53-43)50-27-7-11-33-31(19-27)37-38(42(62)55(33)3)63-24-45(47,48)39(52-37)25-5-6-25/h7-9,11,19-21,25-26,30,39,52H,5-6,10,12-18,22-24H2,1-4H3,(H,49,50,53)(H,51,60,61)/t26-,30?,39-/m0/s1. The number of imide groups is 1. The van der Waals surface area contributed by atoms with E-state index in [0.717, 1.165) is 74.5 Å². The number of carbonyl (C=O) groups is 2.